The molecule has 1 saturated carbocycles. The molecule has 0 radical (unpaired) electrons. The van der Waals surface area contributed by atoms with Crippen molar-refractivity contribution in [1.82, 2.24) is 15.4 Å². The Morgan fingerprint density at radius 2 is 1.97 bits per heavy atom. The van der Waals surface area contributed by atoms with Crippen molar-refractivity contribution >= 4 is 11.8 Å². The minimum Gasteiger partial charge on any atom is -0.368 e. The van der Waals surface area contributed by atoms with Crippen LogP contribution in [0.25, 0.3) is 0 Å². The number of carbonyl (C=O) groups is 2. The highest BCUT2D eigenvalue weighted by Crippen LogP contribution is 2.52. The van der Waals surface area contributed by atoms with Crippen molar-refractivity contribution in [1.29, 1.82) is 0 Å². The smallest absolute Gasteiger partial charge is 0.259 e. The molecule has 7 heteroatoms. The SMILES string of the molecule is CC(=O)NC1(C2(OCc3cccc(C)c3)CC2)CN(C(=O)c2c(C)noc2C)C1. The minimum absolute atomic E-state index is 0.111. The van der Waals surface area contributed by atoms with Crippen LogP contribution in [0, 0.1) is 20.8 Å². The lowest BCUT2D eigenvalue weighted by Crippen LogP contribution is -2.77. The van der Waals surface area contributed by atoms with Crippen molar-refractivity contribution in [3.8, 4) is 0 Å². The summed E-state index contributed by atoms with van der Waals surface area (Å²) in [6.07, 6.45) is 1.74. The van der Waals surface area contributed by atoms with Gasteiger partial charge in [-0.2, -0.15) is 0 Å². The molecule has 154 valence electrons. The number of hydrogen-bond acceptors (Lipinski definition) is 5. The molecule has 2 aliphatic rings. The summed E-state index contributed by atoms with van der Waals surface area (Å²) in [7, 11) is 0. The third-order valence-electron chi connectivity index (χ3n) is 6.05. The molecule has 29 heavy (non-hydrogen) atoms. The molecule has 2 amide bonds. The Kier molecular flexibility index (Phi) is 4.73. The second-order valence-electron chi connectivity index (χ2n) is 8.40. The molecule has 2 heterocycles. The van der Waals surface area contributed by atoms with Gasteiger partial charge < -0.3 is 19.5 Å². The van der Waals surface area contributed by atoms with Crippen molar-refractivity contribution in [3.05, 3.63) is 52.4 Å². The van der Waals surface area contributed by atoms with Crippen LogP contribution in [0.3, 0.4) is 0 Å². The summed E-state index contributed by atoms with van der Waals surface area (Å²) in [5.74, 6) is 0.290. The number of amides is 2. The van der Waals surface area contributed by atoms with Gasteiger partial charge in [-0.05, 0) is 39.2 Å². The molecule has 2 aromatic rings. The van der Waals surface area contributed by atoms with Crippen LogP contribution in [0.4, 0.5) is 0 Å². The normalized spacial score (nSPS) is 18.8. The molecule has 0 bridgehead atoms. The van der Waals surface area contributed by atoms with Crippen molar-refractivity contribution < 1.29 is 18.8 Å². The summed E-state index contributed by atoms with van der Waals surface area (Å²) in [5, 5.41) is 6.98. The van der Waals surface area contributed by atoms with Crippen LogP contribution >= 0.6 is 0 Å². The van der Waals surface area contributed by atoms with E-state index in [4.69, 9.17) is 9.26 Å². The molecule has 4 rings (SSSR count). The third-order valence-corrected chi connectivity index (χ3v) is 6.05. The number of nitrogens with one attached hydrogen (secondary N) is 1. The van der Waals surface area contributed by atoms with Crippen molar-refractivity contribution in [2.24, 2.45) is 0 Å². The van der Waals surface area contributed by atoms with Crippen molar-refractivity contribution in [2.75, 3.05) is 13.1 Å². The fourth-order valence-electron chi connectivity index (χ4n) is 4.41. The highest BCUT2D eigenvalue weighted by atomic mass is 16.5. The lowest BCUT2D eigenvalue weighted by atomic mass is 9.80. The molecule has 7 nitrogen and oxygen atoms in total. The Labute approximate surface area is 170 Å². The van der Waals surface area contributed by atoms with Gasteiger partial charge in [0.25, 0.3) is 5.91 Å². The zero-order chi connectivity index (χ0) is 20.8. The van der Waals surface area contributed by atoms with Gasteiger partial charge in [-0.25, -0.2) is 0 Å². The van der Waals surface area contributed by atoms with Crippen LogP contribution in [0.5, 0.6) is 0 Å². The standard InChI is InChI=1S/C22H27N3O4/c1-14-6-5-7-18(10-14)11-28-22(8-9-22)21(23-17(4)26)12-25(13-21)20(27)19-15(2)24-29-16(19)3/h5-7,10H,8-9,11-13H2,1-4H3,(H,23,26). The maximum atomic E-state index is 12.9. The summed E-state index contributed by atoms with van der Waals surface area (Å²) in [6, 6.07) is 8.22. The molecular weight excluding hydrogens is 370 g/mol. The maximum absolute atomic E-state index is 12.9. The van der Waals surface area contributed by atoms with Crippen molar-refractivity contribution in [3.63, 3.8) is 0 Å². The highest BCUT2D eigenvalue weighted by molar-refractivity contribution is 5.97. The first kappa shape index (κ1) is 19.6. The monoisotopic (exact) mass is 397 g/mol. The van der Waals surface area contributed by atoms with E-state index < -0.39 is 11.1 Å². The Bertz CT molecular complexity index is 935. The van der Waals surface area contributed by atoms with E-state index in [1.54, 1.807) is 18.7 Å². The van der Waals surface area contributed by atoms with E-state index in [1.807, 2.05) is 12.1 Å². The number of carbonyl (C=O) groups excluding carboxylic acids is 2. The first-order valence-electron chi connectivity index (χ1n) is 9.96. The van der Waals surface area contributed by atoms with E-state index >= 15 is 0 Å². The second kappa shape index (κ2) is 6.99. The fourth-order valence-corrected chi connectivity index (χ4v) is 4.41. The van der Waals surface area contributed by atoms with E-state index in [1.165, 1.54) is 12.5 Å². The van der Waals surface area contributed by atoms with Gasteiger partial charge in [0.05, 0.1) is 17.9 Å². The van der Waals surface area contributed by atoms with Gasteiger partial charge >= 0.3 is 0 Å². The number of benzene rings is 1. The number of likely N-dealkylation sites (tertiary alicyclic amines) is 1. The van der Waals surface area contributed by atoms with Crippen LogP contribution in [0.2, 0.25) is 0 Å². The maximum Gasteiger partial charge on any atom is 0.259 e. The molecule has 1 N–H and O–H groups in total. The zero-order valence-electron chi connectivity index (χ0n) is 17.4. The van der Waals surface area contributed by atoms with Crippen LogP contribution in [0.15, 0.2) is 28.8 Å². The van der Waals surface area contributed by atoms with Gasteiger partial charge in [-0.15, -0.1) is 0 Å². The molecule has 1 aromatic carbocycles. The Morgan fingerprint density at radius 3 is 2.52 bits per heavy atom. The molecule has 1 saturated heterocycles. The molecule has 1 aliphatic heterocycles. The van der Waals surface area contributed by atoms with Crippen LogP contribution in [-0.2, 0) is 16.1 Å². The Balaban J connectivity index is 1.50. The minimum atomic E-state index is -0.558. The summed E-state index contributed by atoms with van der Waals surface area (Å²) in [4.78, 5) is 26.6. The first-order valence-corrected chi connectivity index (χ1v) is 9.96. The largest absolute Gasteiger partial charge is 0.368 e. The number of rotatable bonds is 6. The molecular formula is C22H27N3O4. The van der Waals surface area contributed by atoms with Gasteiger partial charge in [-0.1, -0.05) is 35.0 Å². The summed E-state index contributed by atoms with van der Waals surface area (Å²) in [6.45, 7) is 8.39. The van der Waals surface area contributed by atoms with Gasteiger partial charge in [0.1, 0.15) is 16.9 Å². The quantitative estimate of drug-likeness (QED) is 0.810. The average Bonchev–Trinajstić information content (AvgIpc) is 3.35. The summed E-state index contributed by atoms with van der Waals surface area (Å²) < 4.78 is 11.5. The topological polar surface area (TPSA) is 84.7 Å². The average molecular weight is 397 g/mol. The van der Waals surface area contributed by atoms with Gasteiger partial charge in [0.15, 0.2) is 0 Å². The molecule has 1 aromatic heterocycles. The number of nitrogens with zero attached hydrogens (tertiary/aromatic N) is 2. The van der Waals surface area contributed by atoms with Gasteiger partial charge in [-0.3, -0.25) is 9.59 Å². The number of hydrogen-bond donors (Lipinski definition) is 1. The predicted molar refractivity (Wildman–Crippen MR) is 106 cm³/mol. The molecule has 2 fully saturated rings. The van der Waals surface area contributed by atoms with Crippen LogP contribution < -0.4 is 5.32 Å². The Hall–Kier alpha value is -2.67. The first-order chi connectivity index (χ1) is 13.8. The summed E-state index contributed by atoms with van der Waals surface area (Å²) in [5.41, 5.74) is 2.40. The van der Waals surface area contributed by atoms with Gasteiger partial charge in [0, 0.05) is 20.0 Å². The molecule has 0 spiro atoms. The molecule has 0 atom stereocenters. The fraction of sp³-hybridized carbons (Fsp3) is 0.500. The van der Waals surface area contributed by atoms with E-state index in [9.17, 15) is 9.59 Å². The van der Waals surface area contributed by atoms with Gasteiger partial charge in [0.2, 0.25) is 5.91 Å². The Morgan fingerprint density at radius 1 is 1.24 bits per heavy atom. The molecule has 0 unspecified atom stereocenters. The van der Waals surface area contributed by atoms with Crippen molar-refractivity contribution in [2.45, 2.75) is 58.3 Å². The third kappa shape index (κ3) is 3.44. The lowest BCUT2D eigenvalue weighted by molar-refractivity contribution is -0.135. The predicted octanol–water partition coefficient (Wildman–Crippen LogP) is 2.68. The number of aryl methyl sites for hydroxylation is 3. The highest BCUT2D eigenvalue weighted by Gasteiger charge is 2.67. The van der Waals surface area contributed by atoms with E-state index in [0.29, 0.717) is 36.7 Å². The summed E-state index contributed by atoms with van der Waals surface area (Å²) >= 11 is 0. The number of ether oxygens (including phenoxy) is 1. The lowest BCUT2D eigenvalue weighted by Gasteiger charge is -2.54. The van der Waals surface area contributed by atoms with E-state index in [0.717, 1.165) is 18.4 Å². The number of aromatic nitrogens is 1. The second-order valence-corrected chi connectivity index (χ2v) is 8.40. The van der Waals surface area contributed by atoms with E-state index in [-0.39, 0.29) is 11.8 Å². The molecule has 1 aliphatic carbocycles. The zero-order valence-corrected chi connectivity index (χ0v) is 17.4. The van der Waals surface area contributed by atoms with E-state index in [2.05, 4.69) is 29.5 Å². The van der Waals surface area contributed by atoms with Crippen LogP contribution in [-0.4, -0.2) is 46.1 Å². The van der Waals surface area contributed by atoms with Crippen LogP contribution in [0.1, 0.15) is 52.7 Å².